The van der Waals surface area contributed by atoms with Crippen molar-refractivity contribution >= 4 is 27.8 Å². The number of anilines is 1. The highest BCUT2D eigenvalue weighted by Gasteiger charge is 2.32. The van der Waals surface area contributed by atoms with Gasteiger partial charge in [0.1, 0.15) is 11.7 Å². The molecule has 0 spiro atoms. The molecule has 0 aliphatic carbocycles. The van der Waals surface area contributed by atoms with Crippen LogP contribution in [0.4, 0.5) is 5.69 Å². The molecule has 1 atom stereocenters. The highest BCUT2D eigenvalue weighted by molar-refractivity contribution is 7.87. The Balaban J connectivity index is 1.32. The van der Waals surface area contributed by atoms with Crippen LogP contribution in [-0.4, -0.2) is 66.9 Å². The van der Waals surface area contributed by atoms with Gasteiger partial charge < -0.3 is 15.3 Å². The van der Waals surface area contributed by atoms with Gasteiger partial charge in [0.15, 0.2) is 0 Å². The summed E-state index contributed by atoms with van der Waals surface area (Å²) in [7, 11) is -3.92. The van der Waals surface area contributed by atoms with Crippen molar-refractivity contribution in [3.63, 3.8) is 0 Å². The van der Waals surface area contributed by atoms with Crippen molar-refractivity contribution in [1.82, 2.24) is 19.3 Å². The SMILES string of the molecule is CC(C)C(NS(=O)(=O)N1CCN(c2ccc(C#Cc3ccnc(C(=O)NCc4ccccc4)c3)cc2)CC1)C(=O)O. The summed E-state index contributed by atoms with van der Waals surface area (Å²) in [4.78, 5) is 30.2. The topological polar surface area (TPSA) is 132 Å². The first kappa shape index (κ1) is 29.7. The second-order valence-electron chi connectivity index (χ2n) is 9.96. The number of benzene rings is 2. The highest BCUT2D eigenvalue weighted by atomic mass is 32.2. The van der Waals surface area contributed by atoms with Gasteiger partial charge >= 0.3 is 5.97 Å². The quantitative estimate of drug-likeness (QED) is 0.334. The number of aromatic nitrogens is 1. The molecule has 1 aromatic heterocycles. The maximum absolute atomic E-state index is 12.7. The van der Waals surface area contributed by atoms with Crippen LogP contribution >= 0.6 is 0 Å². The van der Waals surface area contributed by atoms with E-state index in [1.54, 1.807) is 32.2 Å². The van der Waals surface area contributed by atoms with Crippen molar-refractivity contribution in [2.75, 3.05) is 31.1 Å². The number of rotatable bonds is 9. The number of carboxylic acids is 1. The van der Waals surface area contributed by atoms with Crippen LogP contribution in [0, 0.1) is 17.8 Å². The Hall–Kier alpha value is -4.24. The Morgan fingerprint density at radius 3 is 2.24 bits per heavy atom. The zero-order valence-corrected chi connectivity index (χ0v) is 23.8. The van der Waals surface area contributed by atoms with Crippen molar-refractivity contribution in [3.05, 3.63) is 95.3 Å². The van der Waals surface area contributed by atoms with E-state index in [-0.39, 0.29) is 24.9 Å². The Kier molecular flexibility index (Phi) is 9.73. The number of pyridine rings is 1. The number of carboxylic acid groups (broad SMARTS) is 1. The van der Waals surface area contributed by atoms with Gasteiger partial charge in [-0.1, -0.05) is 56.0 Å². The van der Waals surface area contributed by atoms with Gasteiger partial charge in [-0.3, -0.25) is 14.6 Å². The molecule has 1 unspecified atom stereocenters. The summed E-state index contributed by atoms with van der Waals surface area (Å²) in [6.45, 7) is 5.15. The zero-order chi connectivity index (χ0) is 29.4. The van der Waals surface area contributed by atoms with Crippen LogP contribution in [0.1, 0.15) is 41.0 Å². The molecule has 1 saturated heterocycles. The summed E-state index contributed by atoms with van der Waals surface area (Å²) >= 11 is 0. The highest BCUT2D eigenvalue weighted by Crippen LogP contribution is 2.19. The Morgan fingerprint density at radius 1 is 0.951 bits per heavy atom. The Morgan fingerprint density at radius 2 is 1.61 bits per heavy atom. The molecule has 41 heavy (non-hydrogen) atoms. The number of carbonyl (C=O) groups is 2. The van der Waals surface area contributed by atoms with Crippen molar-refractivity contribution in [1.29, 1.82) is 0 Å². The lowest BCUT2D eigenvalue weighted by atomic mass is 10.1. The van der Waals surface area contributed by atoms with E-state index in [1.165, 1.54) is 4.31 Å². The fourth-order valence-electron chi connectivity index (χ4n) is 4.29. The number of hydrogen-bond donors (Lipinski definition) is 3. The second kappa shape index (κ2) is 13.4. The molecule has 11 heteroatoms. The number of amides is 1. The van der Waals surface area contributed by atoms with E-state index in [9.17, 15) is 23.1 Å². The molecular formula is C30H33N5O5S. The van der Waals surface area contributed by atoms with Gasteiger partial charge in [0.25, 0.3) is 16.1 Å². The van der Waals surface area contributed by atoms with Crippen LogP contribution in [0.3, 0.4) is 0 Å². The Labute approximate surface area is 240 Å². The first-order chi connectivity index (χ1) is 19.6. The molecule has 0 saturated carbocycles. The largest absolute Gasteiger partial charge is 0.480 e. The zero-order valence-electron chi connectivity index (χ0n) is 22.9. The van der Waals surface area contributed by atoms with Crippen molar-refractivity contribution in [2.45, 2.75) is 26.4 Å². The lowest BCUT2D eigenvalue weighted by Gasteiger charge is -2.36. The van der Waals surface area contributed by atoms with Crippen molar-refractivity contribution < 1.29 is 23.1 Å². The lowest BCUT2D eigenvalue weighted by Crippen LogP contribution is -2.55. The molecule has 0 bridgehead atoms. The molecule has 10 nitrogen and oxygen atoms in total. The molecule has 0 radical (unpaired) electrons. The van der Waals surface area contributed by atoms with Crippen molar-refractivity contribution in [2.24, 2.45) is 5.92 Å². The fourth-order valence-corrected chi connectivity index (χ4v) is 5.78. The van der Waals surface area contributed by atoms with E-state index >= 15 is 0 Å². The maximum atomic E-state index is 12.7. The molecule has 2 heterocycles. The molecule has 3 N–H and O–H groups in total. The molecule has 2 aromatic carbocycles. The summed E-state index contributed by atoms with van der Waals surface area (Å²) in [5, 5.41) is 12.2. The van der Waals surface area contributed by atoms with Crippen molar-refractivity contribution in [3.8, 4) is 11.8 Å². The predicted molar refractivity (Wildman–Crippen MR) is 156 cm³/mol. The fraction of sp³-hybridized carbons (Fsp3) is 0.300. The summed E-state index contributed by atoms with van der Waals surface area (Å²) in [6.07, 6.45) is 1.56. The third-order valence-electron chi connectivity index (χ3n) is 6.66. The monoisotopic (exact) mass is 575 g/mol. The molecule has 1 aliphatic rings. The van der Waals surface area contributed by atoms with Crippen LogP contribution in [-0.2, 0) is 21.5 Å². The number of nitrogens with zero attached hydrogens (tertiary/aromatic N) is 3. The average molecular weight is 576 g/mol. The molecule has 3 aromatic rings. The first-order valence-electron chi connectivity index (χ1n) is 13.3. The molecule has 1 fully saturated rings. The van der Waals surface area contributed by atoms with Gasteiger partial charge in [-0.15, -0.1) is 0 Å². The van der Waals surface area contributed by atoms with E-state index < -0.39 is 22.2 Å². The predicted octanol–water partition coefficient (Wildman–Crippen LogP) is 2.48. The number of aliphatic carboxylic acids is 1. The first-order valence-corrected chi connectivity index (χ1v) is 14.7. The van der Waals surface area contributed by atoms with Gasteiger partial charge in [-0.25, -0.2) is 0 Å². The third kappa shape index (κ3) is 8.14. The van der Waals surface area contributed by atoms with E-state index in [0.29, 0.717) is 30.9 Å². The minimum atomic E-state index is -3.92. The molecular weight excluding hydrogens is 542 g/mol. The van der Waals surface area contributed by atoms with Gasteiger partial charge in [-0.2, -0.15) is 17.4 Å². The third-order valence-corrected chi connectivity index (χ3v) is 8.26. The molecule has 4 rings (SSSR count). The summed E-state index contributed by atoms with van der Waals surface area (Å²) < 4.78 is 29.0. The molecule has 1 amide bonds. The lowest BCUT2D eigenvalue weighted by molar-refractivity contribution is -0.140. The summed E-state index contributed by atoms with van der Waals surface area (Å²) in [5.41, 5.74) is 3.69. The second-order valence-corrected chi connectivity index (χ2v) is 11.7. The van der Waals surface area contributed by atoms with Crippen LogP contribution < -0.4 is 14.9 Å². The minimum Gasteiger partial charge on any atom is -0.480 e. The smallest absolute Gasteiger partial charge is 0.322 e. The number of hydrogen-bond acceptors (Lipinski definition) is 6. The summed E-state index contributed by atoms with van der Waals surface area (Å²) in [6, 6.07) is 19.5. The number of carbonyl (C=O) groups excluding carboxylic acids is 1. The maximum Gasteiger partial charge on any atom is 0.322 e. The van der Waals surface area contributed by atoms with Gasteiger partial charge in [0.2, 0.25) is 0 Å². The van der Waals surface area contributed by atoms with Crippen LogP contribution in [0.2, 0.25) is 0 Å². The van der Waals surface area contributed by atoms with Crippen LogP contribution in [0.25, 0.3) is 0 Å². The normalized spacial score (nSPS) is 14.7. The van der Waals surface area contributed by atoms with Gasteiger partial charge in [0.05, 0.1) is 0 Å². The minimum absolute atomic E-state index is 0.241. The molecule has 1 aliphatic heterocycles. The molecule has 214 valence electrons. The van der Waals surface area contributed by atoms with Gasteiger partial charge in [0, 0.05) is 55.7 Å². The van der Waals surface area contributed by atoms with Crippen LogP contribution in [0.5, 0.6) is 0 Å². The Bertz CT molecular complexity index is 1520. The average Bonchev–Trinajstić information content (AvgIpc) is 2.98. The summed E-state index contributed by atoms with van der Waals surface area (Å²) in [5.74, 6) is 4.34. The standard InChI is InChI=1S/C30H33N5O5S/c1-22(2)28(30(37)38)33-41(39,40)35-18-16-34(17-19-35)26-12-10-23(11-13-26)8-9-24-14-15-31-27(20-24)29(36)32-21-25-6-4-3-5-7-25/h3-7,10-15,20,22,28,33H,16-19,21H2,1-2H3,(H,32,36)(H,37,38). The van der Waals surface area contributed by atoms with Gasteiger partial charge in [-0.05, 0) is 47.9 Å². The van der Waals surface area contributed by atoms with E-state index in [1.807, 2.05) is 54.6 Å². The van der Waals surface area contributed by atoms with E-state index in [0.717, 1.165) is 16.8 Å². The van der Waals surface area contributed by atoms with Crippen LogP contribution in [0.15, 0.2) is 72.9 Å². The van der Waals surface area contributed by atoms with E-state index in [4.69, 9.17) is 0 Å². The number of piperazine rings is 1. The number of nitrogens with one attached hydrogen (secondary N) is 2. The van der Waals surface area contributed by atoms with E-state index in [2.05, 4.69) is 31.8 Å².